The summed E-state index contributed by atoms with van der Waals surface area (Å²) in [6.45, 7) is 10.2. The molecule has 0 spiro atoms. The minimum Gasteiger partial charge on any atom is -0.349 e. The van der Waals surface area contributed by atoms with Crippen LogP contribution >= 0.6 is 0 Å². The van der Waals surface area contributed by atoms with Crippen LogP contribution in [0.2, 0.25) is 0 Å². The van der Waals surface area contributed by atoms with E-state index in [4.69, 9.17) is 0 Å². The van der Waals surface area contributed by atoms with Gasteiger partial charge in [0.25, 0.3) is 0 Å². The maximum Gasteiger partial charge on any atom is 0.228 e. The van der Waals surface area contributed by atoms with E-state index < -0.39 is 0 Å². The topological polar surface area (TPSA) is 41.1 Å². The number of rotatable bonds is 5. The highest BCUT2D eigenvalue weighted by Crippen LogP contribution is 2.35. The Kier molecular flexibility index (Phi) is 5.04. The molecular weight excluding hydrogens is 260 g/mol. The molecule has 0 saturated carbocycles. The summed E-state index contributed by atoms with van der Waals surface area (Å²) in [4.78, 5) is 12.8. The fraction of sp³-hybridized carbons (Fsp3) is 0.611. The molecule has 21 heavy (non-hydrogen) atoms. The molecule has 1 saturated heterocycles. The number of hydrogen-bond donors (Lipinski definition) is 2. The van der Waals surface area contributed by atoms with Gasteiger partial charge in [-0.3, -0.25) is 4.79 Å². The van der Waals surface area contributed by atoms with Crippen molar-refractivity contribution in [2.45, 2.75) is 46.6 Å². The lowest BCUT2D eigenvalue weighted by atomic mass is 9.75. The highest BCUT2D eigenvalue weighted by Gasteiger charge is 2.44. The van der Waals surface area contributed by atoms with Gasteiger partial charge in [-0.1, -0.05) is 45.0 Å². The van der Waals surface area contributed by atoms with Crippen molar-refractivity contribution in [1.82, 2.24) is 10.6 Å². The molecule has 1 aliphatic rings. The van der Waals surface area contributed by atoms with Crippen molar-refractivity contribution in [3.8, 4) is 0 Å². The van der Waals surface area contributed by atoms with E-state index >= 15 is 0 Å². The number of amides is 1. The molecule has 2 rings (SSSR count). The molecule has 116 valence electrons. The van der Waals surface area contributed by atoms with E-state index in [-0.39, 0.29) is 17.4 Å². The van der Waals surface area contributed by atoms with Gasteiger partial charge in [-0.2, -0.15) is 0 Å². The SMILES string of the molecule is CCc1ccc(C(C)NC(=O)C2(C(C)C)CCNC2)cc1. The van der Waals surface area contributed by atoms with E-state index in [1.165, 1.54) is 11.1 Å². The van der Waals surface area contributed by atoms with Gasteiger partial charge in [-0.15, -0.1) is 0 Å². The Hall–Kier alpha value is -1.35. The summed E-state index contributed by atoms with van der Waals surface area (Å²) >= 11 is 0. The Morgan fingerprint density at radius 1 is 1.29 bits per heavy atom. The smallest absolute Gasteiger partial charge is 0.228 e. The first-order chi connectivity index (χ1) is 9.99. The van der Waals surface area contributed by atoms with Crippen LogP contribution in [0.3, 0.4) is 0 Å². The van der Waals surface area contributed by atoms with Crippen LogP contribution in [-0.2, 0) is 11.2 Å². The summed E-state index contributed by atoms with van der Waals surface area (Å²) in [5.41, 5.74) is 2.25. The van der Waals surface area contributed by atoms with Gasteiger partial charge in [0, 0.05) is 6.54 Å². The first kappa shape index (κ1) is 16.0. The molecule has 1 aliphatic heterocycles. The van der Waals surface area contributed by atoms with Crippen molar-refractivity contribution in [1.29, 1.82) is 0 Å². The highest BCUT2D eigenvalue weighted by molar-refractivity contribution is 5.84. The van der Waals surface area contributed by atoms with Gasteiger partial charge < -0.3 is 10.6 Å². The number of aryl methyl sites for hydroxylation is 1. The van der Waals surface area contributed by atoms with Crippen LogP contribution in [0.1, 0.15) is 51.3 Å². The fourth-order valence-electron chi connectivity index (χ4n) is 3.13. The summed E-state index contributed by atoms with van der Waals surface area (Å²) in [5, 5.41) is 6.56. The third-order valence-corrected chi connectivity index (χ3v) is 4.98. The van der Waals surface area contributed by atoms with Crippen molar-refractivity contribution in [3.05, 3.63) is 35.4 Å². The average Bonchev–Trinajstić information content (AvgIpc) is 2.98. The Bertz CT molecular complexity index is 472. The minimum absolute atomic E-state index is 0.0552. The summed E-state index contributed by atoms with van der Waals surface area (Å²) in [6, 6.07) is 8.60. The fourth-order valence-corrected chi connectivity index (χ4v) is 3.13. The Morgan fingerprint density at radius 2 is 1.95 bits per heavy atom. The number of hydrogen-bond acceptors (Lipinski definition) is 2. The molecule has 1 amide bonds. The lowest BCUT2D eigenvalue weighted by Crippen LogP contribution is -2.46. The molecule has 1 fully saturated rings. The van der Waals surface area contributed by atoms with Gasteiger partial charge in [0.2, 0.25) is 5.91 Å². The average molecular weight is 288 g/mol. The predicted molar refractivity (Wildman–Crippen MR) is 87.1 cm³/mol. The lowest BCUT2D eigenvalue weighted by molar-refractivity contribution is -0.133. The van der Waals surface area contributed by atoms with E-state index in [0.29, 0.717) is 5.92 Å². The first-order valence-corrected chi connectivity index (χ1v) is 8.10. The summed E-state index contributed by atoms with van der Waals surface area (Å²) in [7, 11) is 0. The van der Waals surface area contributed by atoms with Crippen molar-refractivity contribution in [2.75, 3.05) is 13.1 Å². The molecule has 2 N–H and O–H groups in total. The zero-order valence-electron chi connectivity index (χ0n) is 13.7. The number of carbonyl (C=O) groups is 1. The maximum atomic E-state index is 12.8. The van der Waals surface area contributed by atoms with Crippen molar-refractivity contribution < 1.29 is 4.79 Å². The molecule has 3 heteroatoms. The van der Waals surface area contributed by atoms with Crippen LogP contribution in [0.4, 0.5) is 0 Å². The molecule has 0 aromatic heterocycles. The molecule has 0 aliphatic carbocycles. The molecule has 1 heterocycles. The number of nitrogens with one attached hydrogen (secondary N) is 2. The summed E-state index contributed by atoms with van der Waals surface area (Å²) in [6.07, 6.45) is 1.97. The van der Waals surface area contributed by atoms with E-state index in [1.807, 2.05) is 0 Å². The van der Waals surface area contributed by atoms with Crippen molar-refractivity contribution in [3.63, 3.8) is 0 Å². The number of benzene rings is 1. The third-order valence-electron chi connectivity index (χ3n) is 4.98. The zero-order valence-corrected chi connectivity index (χ0v) is 13.7. The van der Waals surface area contributed by atoms with Gasteiger partial charge in [0.15, 0.2) is 0 Å². The largest absolute Gasteiger partial charge is 0.349 e. The molecule has 1 aromatic carbocycles. The monoisotopic (exact) mass is 288 g/mol. The van der Waals surface area contributed by atoms with Crippen LogP contribution in [0.25, 0.3) is 0 Å². The Balaban J connectivity index is 2.07. The third kappa shape index (κ3) is 3.29. The molecule has 2 unspecified atom stereocenters. The van der Waals surface area contributed by atoms with Crippen LogP contribution in [0.5, 0.6) is 0 Å². The molecule has 0 bridgehead atoms. The quantitative estimate of drug-likeness (QED) is 0.874. The Morgan fingerprint density at radius 3 is 2.43 bits per heavy atom. The standard InChI is InChI=1S/C18H28N2O/c1-5-15-6-8-16(9-7-15)14(4)20-17(21)18(13(2)3)10-11-19-12-18/h6-9,13-14,19H,5,10-12H2,1-4H3,(H,20,21). The van der Waals surface area contributed by atoms with Gasteiger partial charge in [0.05, 0.1) is 11.5 Å². The van der Waals surface area contributed by atoms with Crippen LogP contribution < -0.4 is 10.6 Å². The maximum absolute atomic E-state index is 12.8. The normalized spacial score (nSPS) is 23.3. The van der Waals surface area contributed by atoms with Gasteiger partial charge >= 0.3 is 0 Å². The Labute approximate surface area is 128 Å². The molecular formula is C18H28N2O. The minimum atomic E-state index is -0.252. The van der Waals surface area contributed by atoms with Gasteiger partial charge in [0.1, 0.15) is 0 Å². The second-order valence-corrected chi connectivity index (χ2v) is 6.53. The predicted octanol–water partition coefficient (Wildman–Crippen LogP) is 3.06. The van der Waals surface area contributed by atoms with E-state index in [2.05, 4.69) is 62.6 Å². The molecule has 1 aromatic rings. The summed E-state index contributed by atoms with van der Waals surface area (Å²) < 4.78 is 0. The van der Waals surface area contributed by atoms with Crippen LogP contribution in [-0.4, -0.2) is 19.0 Å². The van der Waals surface area contributed by atoms with Crippen LogP contribution in [0.15, 0.2) is 24.3 Å². The van der Waals surface area contributed by atoms with Gasteiger partial charge in [-0.25, -0.2) is 0 Å². The zero-order chi connectivity index (χ0) is 15.5. The van der Waals surface area contributed by atoms with E-state index in [9.17, 15) is 4.79 Å². The van der Waals surface area contributed by atoms with Gasteiger partial charge in [-0.05, 0) is 43.4 Å². The molecule has 3 nitrogen and oxygen atoms in total. The van der Waals surface area contributed by atoms with E-state index in [1.54, 1.807) is 0 Å². The van der Waals surface area contributed by atoms with E-state index in [0.717, 1.165) is 25.9 Å². The molecule has 0 radical (unpaired) electrons. The molecule has 2 atom stereocenters. The van der Waals surface area contributed by atoms with Crippen LogP contribution in [0, 0.1) is 11.3 Å². The van der Waals surface area contributed by atoms with Crippen molar-refractivity contribution >= 4 is 5.91 Å². The number of carbonyl (C=O) groups excluding carboxylic acids is 1. The lowest BCUT2D eigenvalue weighted by Gasteiger charge is -2.32. The summed E-state index contributed by atoms with van der Waals surface area (Å²) in [5.74, 6) is 0.539. The highest BCUT2D eigenvalue weighted by atomic mass is 16.2. The first-order valence-electron chi connectivity index (χ1n) is 8.10. The van der Waals surface area contributed by atoms with Crippen molar-refractivity contribution in [2.24, 2.45) is 11.3 Å². The second-order valence-electron chi connectivity index (χ2n) is 6.53. The second kappa shape index (κ2) is 6.61.